The lowest BCUT2D eigenvalue weighted by Crippen LogP contribution is -2.39. The molecule has 28 heavy (non-hydrogen) atoms. The number of likely N-dealkylation sites (tertiary alicyclic amines) is 1. The average Bonchev–Trinajstić information content (AvgIpc) is 3.13. The molecule has 1 heterocycles. The molecule has 0 amide bonds. The highest BCUT2D eigenvalue weighted by molar-refractivity contribution is 5.74. The predicted molar refractivity (Wildman–Crippen MR) is 98.3 cm³/mol. The summed E-state index contributed by atoms with van der Waals surface area (Å²) in [5, 5.41) is 9.58. The first kappa shape index (κ1) is 20.2. The molecule has 2 unspecified atom stereocenters. The maximum absolute atomic E-state index is 12.9. The normalized spacial score (nSPS) is 18.8. The number of carbonyl (C=O) groups is 1. The van der Waals surface area contributed by atoms with E-state index in [1.165, 1.54) is 12.1 Å². The Morgan fingerprint density at radius 3 is 2.21 bits per heavy atom. The van der Waals surface area contributed by atoms with E-state index in [1.54, 1.807) is 12.1 Å². The van der Waals surface area contributed by atoms with Gasteiger partial charge in [-0.05, 0) is 55.2 Å². The third-order valence-electron chi connectivity index (χ3n) is 4.97. The van der Waals surface area contributed by atoms with E-state index in [9.17, 15) is 23.1 Å². The zero-order chi connectivity index (χ0) is 20.3. The topological polar surface area (TPSA) is 49.8 Å². The Labute approximate surface area is 161 Å². The second-order valence-electron chi connectivity index (χ2n) is 6.76. The molecule has 2 atom stereocenters. The molecule has 2 aromatic carbocycles. The van der Waals surface area contributed by atoms with Crippen LogP contribution < -0.4 is 4.74 Å². The van der Waals surface area contributed by atoms with Crippen LogP contribution in [0.5, 0.6) is 5.75 Å². The molecule has 1 fully saturated rings. The Bertz CT molecular complexity index is 803. The summed E-state index contributed by atoms with van der Waals surface area (Å²) in [5.41, 5.74) is 0.722. The molecule has 0 aromatic heterocycles. The molecule has 7 heteroatoms. The van der Waals surface area contributed by atoms with Crippen LogP contribution in [0, 0.1) is 0 Å². The van der Waals surface area contributed by atoms with Gasteiger partial charge in [0.2, 0.25) is 0 Å². The number of hydrogen-bond acceptors (Lipinski definition) is 3. The van der Waals surface area contributed by atoms with E-state index in [0.717, 1.165) is 24.1 Å². The number of carboxylic acids is 1. The summed E-state index contributed by atoms with van der Waals surface area (Å²) in [4.78, 5) is 13.5. The van der Waals surface area contributed by atoms with Crippen molar-refractivity contribution in [1.82, 2.24) is 4.90 Å². The summed E-state index contributed by atoms with van der Waals surface area (Å²) in [5.74, 6) is -0.228. The molecule has 1 aliphatic heterocycles. The number of carboxylic acid groups (broad SMARTS) is 1. The minimum absolute atomic E-state index is 0.443. The number of aliphatic carboxylic acids is 1. The Morgan fingerprint density at radius 1 is 1.14 bits per heavy atom. The first-order chi connectivity index (χ1) is 13.3. The Kier molecular flexibility index (Phi) is 5.93. The second-order valence-corrected chi connectivity index (χ2v) is 6.76. The van der Waals surface area contributed by atoms with Crippen molar-refractivity contribution in [3.63, 3.8) is 0 Å². The highest BCUT2D eigenvalue weighted by Gasteiger charge is 2.37. The number of alkyl halides is 3. The largest absolute Gasteiger partial charge is 0.494 e. The van der Waals surface area contributed by atoms with Crippen LogP contribution in [-0.2, 0) is 11.0 Å². The summed E-state index contributed by atoms with van der Waals surface area (Å²) in [6.45, 7) is 2.96. The van der Waals surface area contributed by atoms with E-state index >= 15 is 0 Å². The fraction of sp³-hybridized carbons (Fsp3) is 0.381. The first-order valence-electron chi connectivity index (χ1n) is 9.19. The molecule has 2 aromatic rings. The number of benzene rings is 2. The van der Waals surface area contributed by atoms with Crippen LogP contribution in [0.2, 0.25) is 0 Å². The van der Waals surface area contributed by atoms with Gasteiger partial charge in [0.15, 0.2) is 0 Å². The molecule has 0 spiro atoms. The first-order valence-corrected chi connectivity index (χ1v) is 9.19. The van der Waals surface area contributed by atoms with Crippen LogP contribution in [0.3, 0.4) is 0 Å². The van der Waals surface area contributed by atoms with Crippen molar-refractivity contribution >= 4 is 5.97 Å². The molecule has 0 bridgehead atoms. The van der Waals surface area contributed by atoms with Crippen molar-refractivity contribution < 1.29 is 27.8 Å². The van der Waals surface area contributed by atoms with Crippen LogP contribution in [0.4, 0.5) is 13.2 Å². The minimum Gasteiger partial charge on any atom is -0.494 e. The lowest BCUT2D eigenvalue weighted by molar-refractivity contribution is -0.142. The molecule has 0 radical (unpaired) electrons. The van der Waals surface area contributed by atoms with Gasteiger partial charge in [0.1, 0.15) is 11.8 Å². The van der Waals surface area contributed by atoms with Crippen LogP contribution in [0.25, 0.3) is 0 Å². The molecule has 3 rings (SSSR count). The van der Waals surface area contributed by atoms with E-state index in [1.807, 2.05) is 24.0 Å². The monoisotopic (exact) mass is 393 g/mol. The minimum atomic E-state index is -4.41. The summed E-state index contributed by atoms with van der Waals surface area (Å²) < 4.78 is 44.2. The number of hydrogen-bond donors (Lipinski definition) is 1. The van der Waals surface area contributed by atoms with Crippen molar-refractivity contribution in [2.45, 2.75) is 38.0 Å². The van der Waals surface area contributed by atoms with Crippen LogP contribution in [-0.4, -0.2) is 35.2 Å². The molecule has 1 saturated heterocycles. The molecule has 0 aliphatic carbocycles. The van der Waals surface area contributed by atoms with Crippen molar-refractivity contribution in [2.24, 2.45) is 0 Å². The Morgan fingerprint density at radius 2 is 1.71 bits per heavy atom. The van der Waals surface area contributed by atoms with Crippen LogP contribution in [0.1, 0.15) is 42.5 Å². The summed E-state index contributed by atoms with van der Waals surface area (Å²) in [7, 11) is 0. The standard InChI is InChI=1S/C21H22F3NO3/c1-2-28-17-11-7-15(8-12-17)19(25-13-3-4-18(25)20(26)27)14-5-9-16(10-6-14)21(22,23)24/h5-12,18-19H,2-4,13H2,1H3,(H,26,27). The SMILES string of the molecule is CCOc1ccc(C(c2ccc(C(F)(F)F)cc2)N2CCCC2C(=O)O)cc1. The third kappa shape index (κ3) is 4.30. The lowest BCUT2D eigenvalue weighted by atomic mass is 9.95. The Balaban J connectivity index is 2.00. The van der Waals surface area contributed by atoms with E-state index in [0.29, 0.717) is 30.9 Å². The molecular weight excluding hydrogens is 371 g/mol. The predicted octanol–water partition coefficient (Wildman–Crippen LogP) is 4.74. The van der Waals surface area contributed by atoms with Crippen molar-refractivity contribution in [3.8, 4) is 5.75 Å². The molecular formula is C21H22F3NO3. The summed E-state index contributed by atoms with van der Waals surface area (Å²) in [6, 6.07) is 11.1. The van der Waals surface area contributed by atoms with E-state index in [4.69, 9.17) is 4.74 Å². The van der Waals surface area contributed by atoms with Crippen molar-refractivity contribution in [1.29, 1.82) is 0 Å². The zero-order valence-corrected chi connectivity index (χ0v) is 15.4. The van der Waals surface area contributed by atoms with Gasteiger partial charge in [-0.2, -0.15) is 13.2 Å². The zero-order valence-electron chi connectivity index (χ0n) is 15.4. The van der Waals surface area contributed by atoms with Gasteiger partial charge in [-0.1, -0.05) is 24.3 Å². The van der Waals surface area contributed by atoms with E-state index in [2.05, 4.69) is 0 Å². The van der Waals surface area contributed by atoms with Crippen molar-refractivity contribution in [3.05, 3.63) is 65.2 Å². The molecule has 1 N–H and O–H groups in total. The fourth-order valence-electron chi connectivity index (χ4n) is 3.71. The van der Waals surface area contributed by atoms with Gasteiger partial charge < -0.3 is 9.84 Å². The quantitative estimate of drug-likeness (QED) is 0.770. The van der Waals surface area contributed by atoms with Gasteiger partial charge in [-0.25, -0.2) is 0 Å². The van der Waals surface area contributed by atoms with Gasteiger partial charge >= 0.3 is 12.1 Å². The van der Waals surface area contributed by atoms with E-state index < -0.39 is 29.8 Å². The van der Waals surface area contributed by atoms with Crippen LogP contribution in [0.15, 0.2) is 48.5 Å². The fourth-order valence-corrected chi connectivity index (χ4v) is 3.71. The molecule has 4 nitrogen and oxygen atoms in total. The number of ether oxygens (including phenoxy) is 1. The molecule has 150 valence electrons. The third-order valence-corrected chi connectivity index (χ3v) is 4.97. The lowest BCUT2D eigenvalue weighted by Gasteiger charge is -2.32. The van der Waals surface area contributed by atoms with Gasteiger partial charge in [0, 0.05) is 6.54 Å². The maximum Gasteiger partial charge on any atom is 0.416 e. The highest BCUT2D eigenvalue weighted by atomic mass is 19.4. The highest BCUT2D eigenvalue weighted by Crippen LogP contribution is 2.37. The van der Waals surface area contributed by atoms with Gasteiger partial charge in [-0.3, -0.25) is 9.69 Å². The summed E-state index contributed by atoms with van der Waals surface area (Å²) in [6.07, 6.45) is -3.17. The summed E-state index contributed by atoms with van der Waals surface area (Å²) >= 11 is 0. The number of nitrogens with zero attached hydrogens (tertiary/aromatic N) is 1. The van der Waals surface area contributed by atoms with E-state index in [-0.39, 0.29) is 0 Å². The molecule has 0 saturated carbocycles. The number of halogens is 3. The Hall–Kier alpha value is -2.54. The second kappa shape index (κ2) is 8.22. The molecule has 1 aliphatic rings. The number of rotatable bonds is 6. The van der Waals surface area contributed by atoms with Gasteiger partial charge in [0.05, 0.1) is 18.2 Å². The smallest absolute Gasteiger partial charge is 0.416 e. The van der Waals surface area contributed by atoms with Gasteiger partial charge in [-0.15, -0.1) is 0 Å². The average molecular weight is 393 g/mol. The van der Waals surface area contributed by atoms with Gasteiger partial charge in [0.25, 0.3) is 0 Å². The van der Waals surface area contributed by atoms with Crippen LogP contribution >= 0.6 is 0 Å². The maximum atomic E-state index is 12.9. The van der Waals surface area contributed by atoms with Crippen molar-refractivity contribution in [2.75, 3.05) is 13.2 Å².